The van der Waals surface area contributed by atoms with E-state index in [4.69, 9.17) is 4.74 Å². The second-order valence-electron chi connectivity index (χ2n) is 9.45. The molecule has 35 heavy (non-hydrogen) atoms. The number of hydrogen-bond donors (Lipinski definition) is 1. The zero-order valence-electron chi connectivity index (χ0n) is 21.7. The number of likely N-dealkylation sites (N-methyl/N-ethyl adjacent to an activating group) is 1. The standard InChI is InChI=1S/C26H41N5O4/c1-5-7-9-10-16-29-18-23-30(22(25(29)33)11-8-6-2)24(32)19-28(3)31(23)26(34)27-17-20-12-14-21(35-4)15-13-20/h12-15,22-23H,5-11,16-19H2,1-4H3,(H,27,34)/t22-,23-/m0/s1. The number of piperazine rings is 1. The van der Waals surface area contributed by atoms with Crippen molar-refractivity contribution >= 4 is 17.8 Å². The number of hydrazine groups is 1. The highest BCUT2D eigenvalue weighted by atomic mass is 16.5. The number of ether oxygens (including phenoxy) is 1. The number of nitrogens with zero attached hydrogens (tertiary/aromatic N) is 4. The molecule has 2 atom stereocenters. The van der Waals surface area contributed by atoms with Crippen LogP contribution in [0.1, 0.15) is 64.4 Å². The Bertz CT molecular complexity index is 862. The van der Waals surface area contributed by atoms with Crippen molar-refractivity contribution in [2.75, 3.05) is 33.8 Å². The molecule has 9 heteroatoms. The number of nitrogens with one attached hydrogen (secondary N) is 1. The first-order valence-corrected chi connectivity index (χ1v) is 12.9. The van der Waals surface area contributed by atoms with Crippen LogP contribution >= 0.6 is 0 Å². The molecule has 2 saturated heterocycles. The van der Waals surface area contributed by atoms with E-state index in [1.54, 1.807) is 29.1 Å². The Morgan fingerprint density at radius 1 is 1.06 bits per heavy atom. The topological polar surface area (TPSA) is 85.4 Å². The third-order valence-corrected chi connectivity index (χ3v) is 6.86. The second kappa shape index (κ2) is 12.8. The lowest BCUT2D eigenvalue weighted by atomic mass is 10.0. The van der Waals surface area contributed by atoms with Crippen LogP contribution < -0.4 is 10.1 Å². The van der Waals surface area contributed by atoms with Crippen molar-refractivity contribution in [1.29, 1.82) is 0 Å². The Morgan fingerprint density at radius 2 is 1.77 bits per heavy atom. The Morgan fingerprint density at radius 3 is 2.43 bits per heavy atom. The number of urea groups is 1. The molecule has 9 nitrogen and oxygen atoms in total. The minimum Gasteiger partial charge on any atom is -0.497 e. The van der Waals surface area contributed by atoms with E-state index >= 15 is 0 Å². The zero-order chi connectivity index (χ0) is 25.4. The van der Waals surface area contributed by atoms with Crippen LogP contribution in [0, 0.1) is 0 Å². The highest BCUT2D eigenvalue weighted by Gasteiger charge is 2.50. The first-order chi connectivity index (χ1) is 16.9. The van der Waals surface area contributed by atoms with Crippen molar-refractivity contribution < 1.29 is 19.1 Å². The summed E-state index contributed by atoms with van der Waals surface area (Å²) in [4.78, 5) is 43.4. The van der Waals surface area contributed by atoms with E-state index in [1.807, 2.05) is 29.2 Å². The summed E-state index contributed by atoms with van der Waals surface area (Å²) in [6.45, 7) is 5.66. The van der Waals surface area contributed by atoms with Gasteiger partial charge in [0.05, 0.1) is 20.2 Å². The summed E-state index contributed by atoms with van der Waals surface area (Å²) in [7, 11) is 3.37. The molecule has 0 radical (unpaired) electrons. The van der Waals surface area contributed by atoms with Crippen LogP contribution in [0.3, 0.4) is 0 Å². The molecule has 1 aromatic rings. The van der Waals surface area contributed by atoms with Gasteiger partial charge in [0.25, 0.3) is 0 Å². The summed E-state index contributed by atoms with van der Waals surface area (Å²) < 4.78 is 5.20. The van der Waals surface area contributed by atoms with Crippen LogP contribution in [0.5, 0.6) is 5.75 Å². The fraction of sp³-hybridized carbons (Fsp3) is 0.654. The third-order valence-electron chi connectivity index (χ3n) is 6.86. The van der Waals surface area contributed by atoms with E-state index in [1.165, 1.54) is 0 Å². The van der Waals surface area contributed by atoms with Crippen molar-refractivity contribution in [1.82, 2.24) is 25.1 Å². The van der Waals surface area contributed by atoms with Crippen LogP contribution in [0.25, 0.3) is 0 Å². The van der Waals surface area contributed by atoms with Crippen molar-refractivity contribution in [2.45, 2.75) is 77.5 Å². The van der Waals surface area contributed by atoms with Gasteiger partial charge in [-0.1, -0.05) is 58.1 Å². The van der Waals surface area contributed by atoms with E-state index in [-0.39, 0.29) is 24.4 Å². The van der Waals surface area contributed by atoms with E-state index in [0.717, 1.165) is 49.8 Å². The number of benzene rings is 1. The Kier molecular flexibility index (Phi) is 9.77. The predicted molar refractivity (Wildman–Crippen MR) is 134 cm³/mol. The number of amides is 4. The molecule has 2 heterocycles. The van der Waals surface area contributed by atoms with E-state index < -0.39 is 12.2 Å². The van der Waals surface area contributed by atoms with Gasteiger partial charge in [-0.25, -0.2) is 14.8 Å². The first-order valence-electron chi connectivity index (χ1n) is 12.9. The summed E-state index contributed by atoms with van der Waals surface area (Å²) in [5, 5.41) is 6.29. The van der Waals surface area contributed by atoms with Gasteiger partial charge in [-0.05, 0) is 30.5 Å². The maximum absolute atomic E-state index is 13.4. The second-order valence-corrected chi connectivity index (χ2v) is 9.45. The molecule has 0 aromatic heterocycles. The SMILES string of the molecule is CCCCCCN1C[C@H]2N(C(=O)CN(C)N2C(=O)NCc2ccc(OC)cc2)[C@@H](CCCC)C1=O. The van der Waals surface area contributed by atoms with Crippen molar-refractivity contribution in [3.05, 3.63) is 29.8 Å². The van der Waals surface area contributed by atoms with Crippen LogP contribution in [-0.2, 0) is 16.1 Å². The largest absolute Gasteiger partial charge is 0.497 e. The molecule has 2 aliphatic rings. The van der Waals surface area contributed by atoms with Gasteiger partial charge in [0, 0.05) is 20.1 Å². The number of fused-ring (bicyclic) bond motifs is 1. The monoisotopic (exact) mass is 487 g/mol. The molecular formula is C26H41N5O4. The summed E-state index contributed by atoms with van der Waals surface area (Å²) >= 11 is 0. The third kappa shape index (κ3) is 6.45. The lowest BCUT2D eigenvalue weighted by molar-refractivity contribution is -0.187. The average molecular weight is 488 g/mol. The highest BCUT2D eigenvalue weighted by molar-refractivity contribution is 5.91. The summed E-state index contributed by atoms with van der Waals surface area (Å²) in [6, 6.07) is 6.74. The van der Waals surface area contributed by atoms with Crippen molar-refractivity contribution in [2.24, 2.45) is 0 Å². The summed E-state index contributed by atoms with van der Waals surface area (Å²) in [6.07, 6.45) is 6.17. The summed E-state index contributed by atoms with van der Waals surface area (Å²) in [5.41, 5.74) is 0.948. The van der Waals surface area contributed by atoms with Crippen LogP contribution in [0.15, 0.2) is 24.3 Å². The molecule has 0 spiro atoms. The van der Waals surface area contributed by atoms with Gasteiger partial charge in [-0.3, -0.25) is 9.59 Å². The number of carbonyl (C=O) groups is 3. The van der Waals surface area contributed by atoms with E-state index in [0.29, 0.717) is 26.1 Å². The molecule has 0 bridgehead atoms. The molecule has 3 rings (SSSR count). The van der Waals surface area contributed by atoms with E-state index in [9.17, 15) is 14.4 Å². The van der Waals surface area contributed by atoms with Gasteiger partial charge in [0.2, 0.25) is 11.8 Å². The number of rotatable bonds is 11. The molecule has 194 valence electrons. The fourth-order valence-electron chi connectivity index (χ4n) is 4.91. The zero-order valence-corrected chi connectivity index (χ0v) is 21.7. The highest BCUT2D eigenvalue weighted by Crippen LogP contribution is 2.28. The first kappa shape index (κ1) is 26.8. The lowest BCUT2D eigenvalue weighted by Crippen LogP contribution is -2.75. The van der Waals surface area contributed by atoms with Gasteiger partial charge >= 0.3 is 6.03 Å². The molecule has 0 unspecified atom stereocenters. The van der Waals surface area contributed by atoms with Crippen LogP contribution in [0.2, 0.25) is 0 Å². The predicted octanol–water partition coefficient (Wildman–Crippen LogP) is 3.20. The van der Waals surface area contributed by atoms with Gasteiger partial charge in [-0.2, -0.15) is 0 Å². The maximum atomic E-state index is 13.4. The summed E-state index contributed by atoms with van der Waals surface area (Å²) in [5.74, 6) is 0.675. The van der Waals surface area contributed by atoms with Crippen LogP contribution in [0.4, 0.5) is 4.79 Å². The Balaban J connectivity index is 1.77. The van der Waals surface area contributed by atoms with Gasteiger partial charge in [0.15, 0.2) is 0 Å². The number of methoxy groups -OCH3 is 1. The van der Waals surface area contributed by atoms with Crippen molar-refractivity contribution in [3.63, 3.8) is 0 Å². The number of hydrogen-bond acceptors (Lipinski definition) is 5. The molecule has 2 aliphatic heterocycles. The molecule has 4 amide bonds. The van der Waals surface area contributed by atoms with Gasteiger partial charge < -0.3 is 19.9 Å². The minimum atomic E-state index is -0.516. The molecule has 1 aromatic carbocycles. The van der Waals surface area contributed by atoms with Gasteiger partial charge in [0.1, 0.15) is 18.0 Å². The quantitative estimate of drug-likeness (QED) is 0.485. The minimum absolute atomic E-state index is 0.0164. The molecule has 2 fully saturated rings. The fourth-order valence-corrected chi connectivity index (χ4v) is 4.91. The normalized spacial score (nSPS) is 20.7. The number of carbonyl (C=O) groups excluding carboxylic acids is 3. The lowest BCUT2D eigenvalue weighted by Gasteiger charge is -2.54. The van der Waals surface area contributed by atoms with E-state index in [2.05, 4.69) is 19.2 Å². The Hall–Kier alpha value is -2.81. The van der Waals surface area contributed by atoms with Crippen molar-refractivity contribution in [3.8, 4) is 5.75 Å². The average Bonchev–Trinajstić information content (AvgIpc) is 2.85. The molecule has 0 saturated carbocycles. The molecular weight excluding hydrogens is 446 g/mol. The van der Waals surface area contributed by atoms with Gasteiger partial charge in [-0.15, -0.1) is 0 Å². The Labute approximate surface area is 209 Å². The number of unbranched alkanes of at least 4 members (excludes halogenated alkanes) is 4. The maximum Gasteiger partial charge on any atom is 0.334 e. The molecule has 1 N–H and O–H groups in total. The molecule has 0 aliphatic carbocycles. The van der Waals surface area contributed by atoms with Crippen LogP contribution in [-0.4, -0.2) is 83.7 Å². The smallest absolute Gasteiger partial charge is 0.334 e.